The van der Waals surface area contributed by atoms with Gasteiger partial charge >= 0.3 is 0 Å². The molecule has 0 aromatic heterocycles. The molecule has 2 atom stereocenters. The lowest BCUT2D eigenvalue weighted by molar-refractivity contribution is 0.406. The Hall–Kier alpha value is -2.02. The molecule has 1 aromatic carbocycles. The Labute approximate surface area is 139 Å². The summed E-state index contributed by atoms with van der Waals surface area (Å²) >= 11 is 0. The maximum Gasteiger partial charge on any atom is 0.123 e. The van der Waals surface area contributed by atoms with Crippen molar-refractivity contribution in [2.75, 3.05) is 0 Å². The summed E-state index contributed by atoms with van der Waals surface area (Å²) in [7, 11) is 0. The molecule has 0 radical (unpaired) electrons. The largest absolute Gasteiger partial charge is 0.507 e. The molecule has 1 nitrogen and oxygen atoms in total. The molecular formula is C22H26O. The monoisotopic (exact) mass is 306 g/mol. The van der Waals surface area contributed by atoms with Crippen molar-refractivity contribution in [1.29, 1.82) is 0 Å². The van der Waals surface area contributed by atoms with Crippen LogP contribution in [0.2, 0.25) is 0 Å². The molecule has 0 amide bonds. The average Bonchev–Trinajstić information content (AvgIpc) is 2.63. The normalized spacial score (nSPS) is 29.1. The molecular weight excluding hydrogens is 280 g/mol. The van der Waals surface area contributed by atoms with Gasteiger partial charge in [-0.1, -0.05) is 80.7 Å². The van der Waals surface area contributed by atoms with E-state index in [9.17, 15) is 5.11 Å². The van der Waals surface area contributed by atoms with Crippen LogP contribution in [-0.4, -0.2) is 5.11 Å². The topological polar surface area (TPSA) is 20.2 Å². The first-order chi connectivity index (χ1) is 11.2. The molecule has 2 aliphatic carbocycles. The van der Waals surface area contributed by atoms with Crippen molar-refractivity contribution in [1.82, 2.24) is 0 Å². The SMILES string of the molecule is CCC1(c2cccc(C3(CC)C=CC=CC3)c2O)C=CC=CC1. The van der Waals surface area contributed by atoms with E-state index in [0.29, 0.717) is 5.75 Å². The average molecular weight is 306 g/mol. The van der Waals surface area contributed by atoms with Gasteiger partial charge in [0.2, 0.25) is 0 Å². The number of phenolic OH excluding ortho intramolecular Hbond substituents is 1. The van der Waals surface area contributed by atoms with Gasteiger partial charge in [-0.3, -0.25) is 0 Å². The first kappa shape index (κ1) is 15.9. The smallest absolute Gasteiger partial charge is 0.123 e. The molecule has 0 bridgehead atoms. The highest BCUT2D eigenvalue weighted by atomic mass is 16.3. The van der Waals surface area contributed by atoms with E-state index in [1.165, 1.54) is 0 Å². The molecule has 0 saturated carbocycles. The minimum atomic E-state index is -0.0853. The highest BCUT2D eigenvalue weighted by molar-refractivity contribution is 5.53. The summed E-state index contributed by atoms with van der Waals surface area (Å²) in [6.07, 6.45) is 21.2. The van der Waals surface area contributed by atoms with E-state index < -0.39 is 0 Å². The zero-order valence-corrected chi connectivity index (χ0v) is 14.1. The summed E-state index contributed by atoms with van der Waals surface area (Å²) in [6, 6.07) is 6.30. The minimum Gasteiger partial charge on any atom is -0.507 e. The summed E-state index contributed by atoms with van der Waals surface area (Å²) in [5.41, 5.74) is 1.96. The lowest BCUT2D eigenvalue weighted by Gasteiger charge is -2.36. The van der Waals surface area contributed by atoms with Crippen molar-refractivity contribution in [3.8, 4) is 5.75 Å². The van der Waals surface area contributed by atoms with Crippen LogP contribution in [0.1, 0.15) is 50.7 Å². The molecule has 3 rings (SSSR count). The van der Waals surface area contributed by atoms with Gasteiger partial charge in [-0.15, -0.1) is 0 Å². The van der Waals surface area contributed by atoms with Gasteiger partial charge in [0.05, 0.1) is 0 Å². The van der Waals surface area contributed by atoms with Crippen LogP contribution < -0.4 is 0 Å². The molecule has 0 fully saturated rings. The number of para-hydroxylation sites is 1. The van der Waals surface area contributed by atoms with Crippen molar-refractivity contribution < 1.29 is 5.11 Å². The second-order valence-electron chi connectivity index (χ2n) is 6.70. The zero-order valence-electron chi connectivity index (χ0n) is 14.1. The molecule has 0 saturated heterocycles. The summed E-state index contributed by atoms with van der Waals surface area (Å²) in [5, 5.41) is 11.2. The first-order valence-electron chi connectivity index (χ1n) is 8.69. The van der Waals surface area contributed by atoms with Crippen molar-refractivity contribution in [2.45, 2.75) is 50.4 Å². The summed E-state index contributed by atoms with van der Waals surface area (Å²) < 4.78 is 0. The van der Waals surface area contributed by atoms with Gasteiger partial charge in [0.25, 0.3) is 0 Å². The van der Waals surface area contributed by atoms with Crippen LogP contribution in [0, 0.1) is 0 Å². The third-order valence-electron chi connectivity index (χ3n) is 5.66. The fourth-order valence-corrected chi connectivity index (χ4v) is 3.98. The van der Waals surface area contributed by atoms with Crippen molar-refractivity contribution >= 4 is 0 Å². The predicted molar refractivity (Wildman–Crippen MR) is 97.8 cm³/mol. The number of hydrogen-bond donors (Lipinski definition) is 1. The van der Waals surface area contributed by atoms with Crippen LogP contribution >= 0.6 is 0 Å². The van der Waals surface area contributed by atoms with E-state index in [-0.39, 0.29) is 10.8 Å². The van der Waals surface area contributed by atoms with E-state index in [1.54, 1.807) is 0 Å². The second-order valence-corrected chi connectivity index (χ2v) is 6.70. The van der Waals surface area contributed by atoms with E-state index in [2.05, 4.69) is 80.7 Å². The van der Waals surface area contributed by atoms with E-state index in [1.807, 2.05) is 0 Å². The van der Waals surface area contributed by atoms with Gasteiger partial charge in [-0.25, -0.2) is 0 Å². The fraction of sp³-hybridized carbons (Fsp3) is 0.364. The Morgan fingerprint density at radius 3 is 1.65 bits per heavy atom. The lowest BCUT2D eigenvalue weighted by atomic mass is 9.68. The quantitative estimate of drug-likeness (QED) is 0.754. The predicted octanol–water partition coefficient (Wildman–Crippen LogP) is 5.72. The minimum absolute atomic E-state index is 0.0853. The number of aromatic hydroxyl groups is 1. The first-order valence-corrected chi connectivity index (χ1v) is 8.69. The molecule has 0 aliphatic heterocycles. The lowest BCUT2D eigenvalue weighted by Crippen LogP contribution is -2.27. The maximum atomic E-state index is 11.2. The van der Waals surface area contributed by atoms with Gasteiger partial charge in [-0.2, -0.15) is 0 Å². The van der Waals surface area contributed by atoms with Gasteiger partial charge in [0, 0.05) is 22.0 Å². The summed E-state index contributed by atoms with van der Waals surface area (Å²) in [5.74, 6) is 0.483. The van der Waals surface area contributed by atoms with Crippen molar-refractivity contribution in [3.63, 3.8) is 0 Å². The van der Waals surface area contributed by atoms with Crippen LogP contribution in [0.4, 0.5) is 0 Å². The second kappa shape index (κ2) is 6.23. The Bertz CT molecular complexity index is 636. The van der Waals surface area contributed by atoms with Gasteiger partial charge in [0.15, 0.2) is 0 Å². The molecule has 2 unspecified atom stereocenters. The molecule has 1 heteroatoms. The summed E-state index contributed by atoms with van der Waals surface area (Å²) in [6.45, 7) is 4.41. The summed E-state index contributed by atoms with van der Waals surface area (Å²) in [4.78, 5) is 0. The van der Waals surface area contributed by atoms with Gasteiger partial charge < -0.3 is 5.11 Å². The zero-order chi connectivity index (χ0) is 16.3. The van der Waals surface area contributed by atoms with Crippen LogP contribution in [0.15, 0.2) is 66.8 Å². The fourth-order valence-electron chi connectivity index (χ4n) is 3.98. The Balaban J connectivity index is 2.12. The molecule has 120 valence electrons. The van der Waals surface area contributed by atoms with Gasteiger partial charge in [-0.05, 0) is 25.7 Å². The van der Waals surface area contributed by atoms with Crippen LogP contribution in [-0.2, 0) is 10.8 Å². The Morgan fingerprint density at radius 1 is 0.826 bits per heavy atom. The van der Waals surface area contributed by atoms with E-state index in [4.69, 9.17) is 0 Å². The molecule has 0 heterocycles. The molecule has 1 N–H and O–H groups in total. The molecule has 23 heavy (non-hydrogen) atoms. The molecule has 0 spiro atoms. The van der Waals surface area contributed by atoms with E-state index >= 15 is 0 Å². The molecule has 1 aromatic rings. The standard InChI is InChI=1S/C22H26O/c1-3-21(14-7-5-8-15-21)18-12-11-13-19(20(18)23)22(4-2)16-9-6-10-17-22/h5-14,16,23H,3-4,15,17H2,1-2H3. The number of phenols is 1. The Kier molecular flexibility index (Phi) is 4.30. The Morgan fingerprint density at radius 2 is 1.30 bits per heavy atom. The number of rotatable bonds is 4. The van der Waals surface area contributed by atoms with Crippen LogP contribution in [0.3, 0.4) is 0 Å². The maximum absolute atomic E-state index is 11.2. The van der Waals surface area contributed by atoms with Gasteiger partial charge in [0.1, 0.15) is 5.75 Å². The van der Waals surface area contributed by atoms with Crippen LogP contribution in [0.5, 0.6) is 5.75 Å². The van der Waals surface area contributed by atoms with E-state index in [0.717, 1.165) is 36.8 Å². The highest BCUT2D eigenvalue weighted by Crippen LogP contribution is 2.47. The highest BCUT2D eigenvalue weighted by Gasteiger charge is 2.35. The van der Waals surface area contributed by atoms with Crippen molar-refractivity contribution in [3.05, 3.63) is 77.9 Å². The van der Waals surface area contributed by atoms with Crippen molar-refractivity contribution in [2.24, 2.45) is 0 Å². The number of allylic oxidation sites excluding steroid dienone is 8. The number of benzene rings is 1. The third-order valence-corrected chi connectivity index (χ3v) is 5.66. The molecule has 2 aliphatic rings. The van der Waals surface area contributed by atoms with Crippen LogP contribution in [0.25, 0.3) is 0 Å². The third kappa shape index (κ3) is 2.59. The number of hydrogen-bond acceptors (Lipinski definition) is 1.